The second kappa shape index (κ2) is 7.09. The molecule has 0 unspecified atom stereocenters. The number of pyridine rings is 1. The van der Waals surface area contributed by atoms with Gasteiger partial charge in [0.2, 0.25) is 0 Å². The van der Waals surface area contributed by atoms with Crippen molar-refractivity contribution in [2.24, 2.45) is 5.73 Å². The first kappa shape index (κ1) is 15.3. The van der Waals surface area contributed by atoms with E-state index in [9.17, 15) is 0 Å². The zero-order valence-electron chi connectivity index (χ0n) is 12.8. The van der Waals surface area contributed by atoms with Crippen LogP contribution in [-0.2, 0) is 6.61 Å². The number of methoxy groups -OCH3 is 1. The fourth-order valence-corrected chi connectivity index (χ4v) is 2.10. The Morgan fingerprint density at radius 2 is 1.86 bits per heavy atom. The average Bonchev–Trinajstić information content (AvgIpc) is 2.52. The van der Waals surface area contributed by atoms with E-state index in [2.05, 4.69) is 11.9 Å². The molecular formula is C17H22N2O2. The molecule has 0 saturated heterocycles. The Morgan fingerprint density at radius 3 is 2.48 bits per heavy atom. The van der Waals surface area contributed by atoms with E-state index in [1.165, 1.54) is 0 Å². The Morgan fingerprint density at radius 1 is 1.14 bits per heavy atom. The number of nitrogens with two attached hydrogens (primary N) is 1. The van der Waals surface area contributed by atoms with Gasteiger partial charge in [0.1, 0.15) is 18.1 Å². The van der Waals surface area contributed by atoms with Crippen molar-refractivity contribution < 1.29 is 9.47 Å². The fourth-order valence-electron chi connectivity index (χ4n) is 2.10. The normalized spacial score (nSPS) is 12.0. The molecule has 0 aliphatic rings. The van der Waals surface area contributed by atoms with Crippen LogP contribution in [0.5, 0.6) is 11.5 Å². The molecule has 0 amide bonds. The molecule has 0 spiro atoms. The van der Waals surface area contributed by atoms with Gasteiger partial charge in [-0.3, -0.25) is 4.98 Å². The second-order valence-electron chi connectivity index (χ2n) is 5.01. The SMILES string of the molecule is CC[C@H](N)c1ccc(OCc2cc(OC)cc(C)n2)cc1. The maximum absolute atomic E-state index is 5.99. The second-order valence-corrected chi connectivity index (χ2v) is 5.01. The van der Waals surface area contributed by atoms with E-state index >= 15 is 0 Å². The van der Waals surface area contributed by atoms with E-state index in [-0.39, 0.29) is 6.04 Å². The lowest BCUT2D eigenvalue weighted by molar-refractivity contribution is 0.299. The maximum atomic E-state index is 5.99. The third-order valence-electron chi connectivity index (χ3n) is 3.35. The van der Waals surface area contributed by atoms with Gasteiger partial charge in [0, 0.05) is 23.9 Å². The molecule has 2 aromatic rings. The van der Waals surface area contributed by atoms with E-state index in [0.717, 1.165) is 34.9 Å². The Balaban J connectivity index is 2.01. The number of nitrogens with zero attached hydrogens (tertiary/aromatic N) is 1. The number of hydrogen-bond acceptors (Lipinski definition) is 4. The number of hydrogen-bond donors (Lipinski definition) is 1. The summed E-state index contributed by atoms with van der Waals surface area (Å²) in [5.41, 5.74) is 8.88. The maximum Gasteiger partial charge on any atom is 0.130 e. The third-order valence-corrected chi connectivity index (χ3v) is 3.35. The number of benzene rings is 1. The molecule has 1 aromatic carbocycles. The molecule has 112 valence electrons. The van der Waals surface area contributed by atoms with Crippen LogP contribution in [0.15, 0.2) is 36.4 Å². The van der Waals surface area contributed by atoms with E-state index < -0.39 is 0 Å². The summed E-state index contributed by atoms with van der Waals surface area (Å²) < 4.78 is 11.0. The van der Waals surface area contributed by atoms with Gasteiger partial charge in [-0.2, -0.15) is 0 Å². The first-order valence-corrected chi connectivity index (χ1v) is 7.12. The fraction of sp³-hybridized carbons (Fsp3) is 0.353. The zero-order chi connectivity index (χ0) is 15.2. The minimum absolute atomic E-state index is 0.0850. The van der Waals surface area contributed by atoms with E-state index in [1.54, 1.807) is 7.11 Å². The van der Waals surface area contributed by atoms with Crippen molar-refractivity contribution in [2.45, 2.75) is 32.9 Å². The van der Waals surface area contributed by atoms with Crippen LogP contribution in [0, 0.1) is 6.92 Å². The lowest BCUT2D eigenvalue weighted by atomic mass is 10.1. The molecule has 0 saturated carbocycles. The Kier molecular flexibility index (Phi) is 5.17. The zero-order valence-corrected chi connectivity index (χ0v) is 12.8. The summed E-state index contributed by atoms with van der Waals surface area (Å²) in [6, 6.07) is 11.8. The van der Waals surface area contributed by atoms with E-state index in [0.29, 0.717) is 6.61 Å². The summed E-state index contributed by atoms with van der Waals surface area (Å²) in [5.74, 6) is 1.61. The van der Waals surface area contributed by atoms with Crippen LogP contribution in [0.3, 0.4) is 0 Å². The monoisotopic (exact) mass is 286 g/mol. The van der Waals surface area contributed by atoms with Crippen molar-refractivity contribution in [1.29, 1.82) is 0 Å². The summed E-state index contributed by atoms with van der Waals surface area (Å²) in [7, 11) is 1.65. The lowest BCUT2D eigenvalue weighted by Crippen LogP contribution is -2.08. The lowest BCUT2D eigenvalue weighted by Gasteiger charge is -2.11. The highest BCUT2D eigenvalue weighted by Crippen LogP contribution is 2.20. The smallest absolute Gasteiger partial charge is 0.130 e. The Hall–Kier alpha value is -2.07. The predicted octanol–water partition coefficient (Wildman–Crippen LogP) is 3.39. The topological polar surface area (TPSA) is 57.4 Å². The minimum Gasteiger partial charge on any atom is -0.497 e. The highest BCUT2D eigenvalue weighted by Gasteiger charge is 2.05. The predicted molar refractivity (Wildman–Crippen MR) is 83.5 cm³/mol. The van der Waals surface area contributed by atoms with Gasteiger partial charge in [0.15, 0.2) is 0 Å². The van der Waals surface area contributed by atoms with Crippen molar-refractivity contribution in [3.8, 4) is 11.5 Å². The van der Waals surface area contributed by atoms with E-state index in [1.807, 2.05) is 43.3 Å². The summed E-state index contributed by atoms with van der Waals surface area (Å²) >= 11 is 0. The minimum atomic E-state index is 0.0850. The average molecular weight is 286 g/mol. The standard InChI is InChI=1S/C17H22N2O2/c1-4-17(18)13-5-7-15(8-6-13)21-11-14-10-16(20-3)9-12(2)19-14/h5-10,17H,4,11,18H2,1-3H3/t17-/m0/s1. The van der Waals surface area contributed by atoms with Crippen LogP contribution in [0.4, 0.5) is 0 Å². The van der Waals surface area contributed by atoms with Crippen LogP contribution in [0.25, 0.3) is 0 Å². The van der Waals surface area contributed by atoms with Crippen molar-refractivity contribution in [2.75, 3.05) is 7.11 Å². The van der Waals surface area contributed by atoms with Gasteiger partial charge in [-0.15, -0.1) is 0 Å². The summed E-state index contributed by atoms with van der Waals surface area (Å²) in [6.07, 6.45) is 0.924. The molecule has 1 heterocycles. The molecule has 0 aliphatic carbocycles. The van der Waals surface area contributed by atoms with Gasteiger partial charge >= 0.3 is 0 Å². The van der Waals surface area contributed by atoms with Crippen molar-refractivity contribution in [3.63, 3.8) is 0 Å². The molecule has 0 radical (unpaired) electrons. The third kappa shape index (κ3) is 4.20. The quantitative estimate of drug-likeness (QED) is 0.884. The first-order valence-electron chi connectivity index (χ1n) is 7.12. The first-order chi connectivity index (χ1) is 10.1. The van der Waals surface area contributed by atoms with Gasteiger partial charge in [-0.05, 0) is 31.0 Å². The van der Waals surface area contributed by atoms with Crippen LogP contribution in [0.1, 0.15) is 36.3 Å². The van der Waals surface area contributed by atoms with Crippen LogP contribution in [0.2, 0.25) is 0 Å². The Bertz CT molecular complexity index is 582. The van der Waals surface area contributed by atoms with Gasteiger partial charge in [0.25, 0.3) is 0 Å². The molecule has 4 nitrogen and oxygen atoms in total. The Labute approximate surface area is 125 Å². The van der Waals surface area contributed by atoms with Crippen molar-refractivity contribution in [3.05, 3.63) is 53.3 Å². The van der Waals surface area contributed by atoms with Gasteiger partial charge in [0.05, 0.1) is 12.8 Å². The molecule has 0 aliphatic heterocycles. The highest BCUT2D eigenvalue weighted by molar-refractivity contribution is 5.30. The molecule has 4 heteroatoms. The molecule has 1 atom stereocenters. The van der Waals surface area contributed by atoms with Crippen LogP contribution >= 0.6 is 0 Å². The van der Waals surface area contributed by atoms with Gasteiger partial charge in [-0.25, -0.2) is 0 Å². The molecule has 2 rings (SSSR count). The molecule has 2 N–H and O–H groups in total. The largest absolute Gasteiger partial charge is 0.497 e. The summed E-state index contributed by atoms with van der Waals surface area (Å²) in [4.78, 5) is 4.43. The summed E-state index contributed by atoms with van der Waals surface area (Å²) in [5, 5.41) is 0. The highest BCUT2D eigenvalue weighted by atomic mass is 16.5. The molecular weight excluding hydrogens is 264 g/mol. The van der Waals surface area contributed by atoms with Crippen LogP contribution < -0.4 is 15.2 Å². The van der Waals surface area contributed by atoms with E-state index in [4.69, 9.17) is 15.2 Å². The number of ether oxygens (including phenoxy) is 2. The van der Waals surface area contributed by atoms with Crippen molar-refractivity contribution in [1.82, 2.24) is 4.98 Å². The van der Waals surface area contributed by atoms with Crippen LogP contribution in [-0.4, -0.2) is 12.1 Å². The molecule has 0 bridgehead atoms. The van der Waals surface area contributed by atoms with Crippen molar-refractivity contribution >= 4 is 0 Å². The number of aromatic nitrogens is 1. The summed E-state index contributed by atoms with van der Waals surface area (Å²) in [6.45, 7) is 4.43. The van der Waals surface area contributed by atoms with Gasteiger partial charge in [-0.1, -0.05) is 19.1 Å². The number of aryl methyl sites for hydroxylation is 1. The molecule has 0 fully saturated rings. The van der Waals surface area contributed by atoms with Gasteiger partial charge < -0.3 is 15.2 Å². The number of rotatable bonds is 6. The molecule has 1 aromatic heterocycles. The molecule has 21 heavy (non-hydrogen) atoms.